The standard InChI is InChI=1S/C13H12ClFN2O2S/c1-8-6-9(16)7-12(13(8)15)20(18,19)17-11-5-3-2-4-10(11)14/h2-7,17H,16H2,1H3. The van der Waals surface area contributed by atoms with E-state index >= 15 is 0 Å². The number of anilines is 2. The molecule has 0 spiro atoms. The Labute approximate surface area is 121 Å². The Morgan fingerprint density at radius 2 is 1.90 bits per heavy atom. The number of nitrogens with one attached hydrogen (secondary N) is 1. The maximum atomic E-state index is 14.0. The van der Waals surface area contributed by atoms with Crippen molar-refractivity contribution in [3.05, 3.63) is 52.8 Å². The first-order valence-electron chi connectivity index (χ1n) is 5.64. The topological polar surface area (TPSA) is 72.2 Å². The van der Waals surface area contributed by atoms with E-state index in [1.165, 1.54) is 25.1 Å². The van der Waals surface area contributed by atoms with Gasteiger partial charge in [-0.15, -0.1) is 0 Å². The number of nitrogen functional groups attached to an aromatic ring is 1. The molecule has 4 nitrogen and oxygen atoms in total. The van der Waals surface area contributed by atoms with E-state index in [1.54, 1.807) is 12.1 Å². The highest BCUT2D eigenvalue weighted by atomic mass is 35.5. The van der Waals surface area contributed by atoms with Crippen LogP contribution in [-0.4, -0.2) is 8.42 Å². The summed E-state index contributed by atoms with van der Waals surface area (Å²) in [5, 5.41) is 0.220. The van der Waals surface area contributed by atoms with Gasteiger partial charge in [0.25, 0.3) is 10.0 Å². The Bertz CT molecular complexity index is 763. The Balaban J connectivity index is 2.49. The van der Waals surface area contributed by atoms with Gasteiger partial charge >= 0.3 is 0 Å². The van der Waals surface area contributed by atoms with E-state index in [2.05, 4.69) is 4.72 Å². The molecule has 0 atom stereocenters. The maximum Gasteiger partial charge on any atom is 0.264 e. The molecule has 0 amide bonds. The van der Waals surface area contributed by atoms with Gasteiger partial charge in [-0.05, 0) is 36.8 Å². The lowest BCUT2D eigenvalue weighted by atomic mass is 10.2. The van der Waals surface area contributed by atoms with Gasteiger partial charge in [0, 0.05) is 5.69 Å². The van der Waals surface area contributed by atoms with Crippen LogP contribution in [0.2, 0.25) is 5.02 Å². The van der Waals surface area contributed by atoms with Crippen molar-refractivity contribution >= 4 is 33.0 Å². The highest BCUT2D eigenvalue weighted by Crippen LogP contribution is 2.27. The van der Waals surface area contributed by atoms with Crippen molar-refractivity contribution in [1.29, 1.82) is 0 Å². The number of sulfonamides is 1. The minimum Gasteiger partial charge on any atom is -0.399 e. The van der Waals surface area contributed by atoms with Crippen LogP contribution < -0.4 is 10.5 Å². The molecular weight excluding hydrogens is 303 g/mol. The second-order valence-corrected chi connectivity index (χ2v) is 6.29. The summed E-state index contributed by atoms with van der Waals surface area (Å²) >= 11 is 5.87. The number of halogens is 2. The van der Waals surface area contributed by atoms with Crippen molar-refractivity contribution in [2.45, 2.75) is 11.8 Å². The third kappa shape index (κ3) is 2.86. The third-order valence-electron chi connectivity index (χ3n) is 2.65. The molecule has 0 aromatic heterocycles. The normalized spacial score (nSPS) is 11.3. The van der Waals surface area contributed by atoms with Crippen molar-refractivity contribution in [3.8, 4) is 0 Å². The molecule has 106 valence electrons. The summed E-state index contributed by atoms with van der Waals surface area (Å²) in [6.45, 7) is 1.44. The lowest BCUT2D eigenvalue weighted by molar-refractivity contribution is 0.565. The first-order valence-corrected chi connectivity index (χ1v) is 7.50. The minimum atomic E-state index is -4.10. The Hall–Kier alpha value is -1.79. The number of para-hydroxylation sites is 1. The average molecular weight is 315 g/mol. The lowest BCUT2D eigenvalue weighted by Gasteiger charge is -2.12. The fraction of sp³-hybridized carbons (Fsp3) is 0.0769. The van der Waals surface area contributed by atoms with Crippen molar-refractivity contribution in [2.75, 3.05) is 10.5 Å². The van der Waals surface area contributed by atoms with Gasteiger partial charge in [-0.3, -0.25) is 4.72 Å². The highest BCUT2D eigenvalue weighted by Gasteiger charge is 2.22. The first kappa shape index (κ1) is 14.6. The van der Waals surface area contributed by atoms with E-state index in [0.29, 0.717) is 0 Å². The molecule has 0 radical (unpaired) electrons. The fourth-order valence-corrected chi connectivity index (χ4v) is 3.21. The molecule has 0 bridgehead atoms. The summed E-state index contributed by atoms with van der Waals surface area (Å²) in [5.41, 5.74) is 6.06. The average Bonchev–Trinajstić information content (AvgIpc) is 2.36. The van der Waals surface area contributed by atoms with E-state index < -0.39 is 20.7 Å². The molecule has 20 heavy (non-hydrogen) atoms. The van der Waals surface area contributed by atoms with Gasteiger partial charge < -0.3 is 5.73 Å². The summed E-state index contributed by atoms with van der Waals surface area (Å²) in [6, 6.07) is 8.72. The molecule has 2 rings (SSSR count). The van der Waals surface area contributed by atoms with Gasteiger partial charge in [0.05, 0.1) is 10.7 Å². The zero-order valence-corrected chi connectivity index (χ0v) is 12.1. The predicted molar refractivity (Wildman–Crippen MR) is 77.8 cm³/mol. The molecule has 0 saturated heterocycles. The van der Waals surface area contributed by atoms with Crippen LogP contribution in [0, 0.1) is 12.7 Å². The van der Waals surface area contributed by atoms with Gasteiger partial charge in [-0.1, -0.05) is 23.7 Å². The number of hydrogen-bond donors (Lipinski definition) is 2. The molecule has 2 aromatic rings. The molecular formula is C13H12ClFN2O2S. The van der Waals surface area contributed by atoms with Crippen molar-refractivity contribution < 1.29 is 12.8 Å². The molecule has 7 heteroatoms. The Kier molecular flexibility index (Phi) is 3.87. The van der Waals surface area contributed by atoms with Crippen LogP contribution in [0.1, 0.15) is 5.56 Å². The molecule has 0 unspecified atom stereocenters. The summed E-state index contributed by atoms with van der Waals surface area (Å²) in [6.07, 6.45) is 0. The van der Waals surface area contributed by atoms with Gasteiger partial charge in [0.1, 0.15) is 10.7 Å². The smallest absolute Gasteiger partial charge is 0.264 e. The Morgan fingerprint density at radius 3 is 2.55 bits per heavy atom. The van der Waals surface area contributed by atoms with E-state index in [-0.39, 0.29) is 22.0 Å². The summed E-state index contributed by atoms with van der Waals surface area (Å²) in [5.74, 6) is -0.834. The van der Waals surface area contributed by atoms with Gasteiger partial charge in [0.2, 0.25) is 0 Å². The molecule has 0 aliphatic carbocycles. The first-order chi connectivity index (χ1) is 9.31. The maximum absolute atomic E-state index is 14.0. The van der Waals surface area contributed by atoms with Gasteiger partial charge in [-0.2, -0.15) is 0 Å². The molecule has 0 aliphatic rings. The van der Waals surface area contributed by atoms with Gasteiger partial charge in [0.15, 0.2) is 0 Å². The summed E-state index contributed by atoms with van der Waals surface area (Å²) < 4.78 is 40.6. The second-order valence-electron chi connectivity index (χ2n) is 4.24. The van der Waals surface area contributed by atoms with Crippen LogP contribution in [0.15, 0.2) is 41.3 Å². The largest absolute Gasteiger partial charge is 0.399 e. The van der Waals surface area contributed by atoms with E-state index in [4.69, 9.17) is 17.3 Å². The number of hydrogen-bond acceptors (Lipinski definition) is 3. The number of nitrogens with two attached hydrogens (primary N) is 1. The van der Waals surface area contributed by atoms with Crippen LogP contribution >= 0.6 is 11.6 Å². The highest BCUT2D eigenvalue weighted by molar-refractivity contribution is 7.92. The summed E-state index contributed by atoms with van der Waals surface area (Å²) in [4.78, 5) is -0.505. The Morgan fingerprint density at radius 1 is 1.25 bits per heavy atom. The van der Waals surface area contributed by atoms with Crippen LogP contribution in [-0.2, 0) is 10.0 Å². The minimum absolute atomic E-state index is 0.157. The molecule has 0 fully saturated rings. The number of rotatable bonds is 3. The van der Waals surface area contributed by atoms with E-state index in [0.717, 1.165) is 6.07 Å². The SMILES string of the molecule is Cc1cc(N)cc(S(=O)(=O)Nc2ccccc2Cl)c1F. The van der Waals surface area contributed by atoms with Crippen molar-refractivity contribution in [3.63, 3.8) is 0 Å². The monoisotopic (exact) mass is 314 g/mol. The molecule has 0 heterocycles. The van der Waals surface area contributed by atoms with Crippen molar-refractivity contribution in [1.82, 2.24) is 0 Å². The van der Waals surface area contributed by atoms with Crippen molar-refractivity contribution in [2.24, 2.45) is 0 Å². The summed E-state index contributed by atoms with van der Waals surface area (Å²) in [7, 11) is -4.10. The predicted octanol–water partition coefficient (Wildman–Crippen LogP) is 3.17. The molecule has 0 saturated carbocycles. The zero-order valence-electron chi connectivity index (χ0n) is 10.5. The molecule has 2 aromatic carbocycles. The van der Waals surface area contributed by atoms with Crippen LogP contribution in [0.25, 0.3) is 0 Å². The number of aryl methyl sites for hydroxylation is 1. The lowest BCUT2D eigenvalue weighted by Crippen LogP contribution is -2.16. The second kappa shape index (κ2) is 5.30. The quantitative estimate of drug-likeness (QED) is 0.855. The van der Waals surface area contributed by atoms with Crippen LogP contribution in [0.4, 0.5) is 15.8 Å². The van der Waals surface area contributed by atoms with Gasteiger partial charge in [-0.25, -0.2) is 12.8 Å². The van der Waals surface area contributed by atoms with E-state index in [1.807, 2.05) is 0 Å². The zero-order chi connectivity index (χ0) is 14.9. The molecule has 0 aliphatic heterocycles. The third-order valence-corrected chi connectivity index (χ3v) is 4.35. The fourth-order valence-electron chi connectivity index (χ4n) is 1.70. The van der Waals surface area contributed by atoms with Crippen LogP contribution in [0.3, 0.4) is 0 Å². The number of benzene rings is 2. The van der Waals surface area contributed by atoms with Crippen LogP contribution in [0.5, 0.6) is 0 Å². The molecule has 3 N–H and O–H groups in total. The van der Waals surface area contributed by atoms with E-state index in [9.17, 15) is 12.8 Å².